The predicted octanol–water partition coefficient (Wildman–Crippen LogP) is 2.30. The summed E-state index contributed by atoms with van der Waals surface area (Å²) in [6, 6.07) is 10.0. The number of hydrogen-bond donors (Lipinski definition) is 2. The Balaban J connectivity index is 1.72. The first-order valence-corrected chi connectivity index (χ1v) is 7.07. The minimum atomic E-state index is 0.690. The van der Waals surface area contributed by atoms with Crippen LogP contribution in [0.3, 0.4) is 0 Å². The van der Waals surface area contributed by atoms with Crippen molar-refractivity contribution in [3.05, 3.63) is 47.3 Å². The molecule has 1 aromatic carbocycles. The van der Waals surface area contributed by atoms with Crippen LogP contribution in [0.1, 0.15) is 17.0 Å². The van der Waals surface area contributed by atoms with Gasteiger partial charge < -0.3 is 15.4 Å². The second-order valence-corrected chi connectivity index (χ2v) is 4.93. The lowest BCUT2D eigenvalue weighted by Crippen LogP contribution is -2.22. The van der Waals surface area contributed by atoms with E-state index in [1.54, 1.807) is 7.11 Å². The first-order valence-electron chi connectivity index (χ1n) is 7.07. The molecule has 0 atom stereocenters. The maximum atomic E-state index is 5.21. The van der Waals surface area contributed by atoms with Gasteiger partial charge in [0.05, 0.1) is 7.11 Å². The van der Waals surface area contributed by atoms with Gasteiger partial charge in [-0.3, -0.25) is 0 Å². The molecule has 0 radical (unpaired) electrons. The number of aromatic nitrogens is 2. The number of nitrogens with zero attached hydrogens (tertiary/aromatic N) is 2. The van der Waals surface area contributed by atoms with Crippen LogP contribution in [0, 0.1) is 13.8 Å². The van der Waals surface area contributed by atoms with E-state index in [1.165, 1.54) is 5.56 Å². The van der Waals surface area contributed by atoms with E-state index in [4.69, 9.17) is 4.74 Å². The molecule has 1 heterocycles. The van der Waals surface area contributed by atoms with Crippen LogP contribution < -0.4 is 15.4 Å². The molecule has 5 nitrogen and oxygen atoms in total. The van der Waals surface area contributed by atoms with Crippen molar-refractivity contribution in [1.82, 2.24) is 15.3 Å². The fraction of sp³-hybridized carbons (Fsp3) is 0.375. The van der Waals surface area contributed by atoms with Gasteiger partial charge in [0.1, 0.15) is 5.75 Å². The zero-order valence-corrected chi connectivity index (χ0v) is 12.8. The normalized spacial score (nSPS) is 10.4. The molecule has 0 bridgehead atoms. The maximum absolute atomic E-state index is 5.21. The minimum absolute atomic E-state index is 0.690. The molecule has 0 unspecified atom stereocenters. The average molecular weight is 286 g/mol. The van der Waals surface area contributed by atoms with Crippen LogP contribution in [-0.2, 0) is 6.54 Å². The quantitative estimate of drug-likeness (QED) is 0.765. The highest BCUT2D eigenvalue weighted by Gasteiger charge is 1.99. The third-order valence-electron chi connectivity index (χ3n) is 3.03. The molecule has 112 valence electrons. The molecular weight excluding hydrogens is 264 g/mol. The molecule has 0 spiro atoms. The highest BCUT2D eigenvalue weighted by atomic mass is 16.5. The second kappa shape index (κ2) is 7.59. The van der Waals surface area contributed by atoms with E-state index < -0.39 is 0 Å². The fourth-order valence-corrected chi connectivity index (χ4v) is 2.08. The molecular formula is C16H22N4O. The Morgan fingerprint density at radius 3 is 2.52 bits per heavy atom. The standard InChI is InChI=1S/C16H22N4O/c1-12-9-13(2)20-16(19-12)18-8-7-17-11-14-5-4-6-15(10-14)21-3/h4-6,9-10,17H,7-8,11H2,1-3H3,(H,18,19,20). The SMILES string of the molecule is COc1cccc(CNCCNc2nc(C)cc(C)n2)c1. The molecule has 0 amide bonds. The van der Waals surface area contributed by atoms with Crippen LogP contribution in [0.25, 0.3) is 0 Å². The van der Waals surface area contributed by atoms with Gasteiger partial charge in [-0.25, -0.2) is 9.97 Å². The summed E-state index contributed by atoms with van der Waals surface area (Å²) < 4.78 is 5.21. The number of rotatable bonds is 7. The van der Waals surface area contributed by atoms with Crippen LogP contribution in [-0.4, -0.2) is 30.2 Å². The van der Waals surface area contributed by atoms with Crippen LogP contribution in [0.2, 0.25) is 0 Å². The smallest absolute Gasteiger partial charge is 0.223 e. The van der Waals surface area contributed by atoms with E-state index >= 15 is 0 Å². The monoisotopic (exact) mass is 286 g/mol. The summed E-state index contributed by atoms with van der Waals surface area (Å²) in [4.78, 5) is 8.69. The zero-order chi connectivity index (χ0) is 15.1. The number of nitrogens with one attached hydrogen (secondary N) is 2. The highest BCUT2D eigenvalue weighted by Crippen LogP contribution is 2.11. The molecule has 0 fully saturated rings. The molecule has 0 aliphatic carbocycles. The fourth-order valence-electron chi connectivity index (χ4n) is 2.08. The van der Waals surface area contributed by atoms with E-state index in [0.717, 1.165) is 36.8 Å². The van der Waals surface area contributed by atoms with E-state index in [-0.39, 0.29) is 0 Å². The molecule has 0 saturated heterocycles. The Labute approximate surface area is 125 Å². The molecule has 2 rings (SSSR count). The zero-order valence-electron chi connectivity index (χ0n) is 12.8. The number of benzene rings is 1. The van der Waals surface area contributed by atoms with Crippen LogP contribution >= 0.6 is 0 Å². The van der Waals surface area contributed by atoms with Gasteiger partial charge in [-0.1, -0.05) is 12.1 Å². The Bertz CT molecular complexity index is 566. The maximum Gasteiger partial charge on any atom is 0.223 e. The van der Waals surface area contributed by atoms with Crippen LogP contribution in [0.5, 0.6) is 5.75 Å². The van der Waals surface area contributed by atoms with Crippen molar-refractivity contribution in [3.8, 4) is 5.75 Å². The van der Waals surface area contributed by atoms with E-state index in [1.807, 2.05) is 38.1 Å². The number of methoxy groups -OCH3 is 1. The number of ether oxygens (including phenoxy) is 1. The minimum Gasteiger partial charge on any atom is -0.497 e. The van der Waals surface area contributed by atoms with Gasteiger partial charge in [-0.05, 0) is 37.6 Å². The van der Waals surface area contributed by atoms with Gasteiger partial charge >= 0.3 is 0 Å². The number of anilines is 1. The Morgan fingerprint density at radius 1 is 1.05 bits per heavy atom. The largest absolute Gasteiger partial charge is 0.497 e. The summed E-state index contributed by atoms with van der Waals surface area (Å²) in [5, 5.41) is 6.60. The summed E-state index contributed by atoms with van der Waals surface area (Å²) in [6.07, 6.45) is 0. The van der Waals surface area contributed by atoms with E-state index in [2.05, 4.69) is 26.7 Å². The molecule has 0 aliphatic rings. The molecule has 0 aliphatic heterocycles. The van der Waals surface area contributed by atoms with Gasteiger partial charge in [-0.15, -0.1) is 0 Å². The molecule has 1 aromatic heterocycles. The highest BCUT2D eigenvalue weighted by molar-refractivity contribution is 5.29. The summed E-state index contributed by atoms with van der Waals surface area (Å²) in [7, 11) is 1.68. The Kier molecular flexibility index (Phi) is 5.51. The molecule has 0 saturated carbocycles. The van der Waals surface area contributed by atoms with Gasteiger partial charge in [0, 0.05) is 31.0 Å². The van der Waals surface area contributed by atoms with Crippen molar-refractivity contribution in [2.45, 2.75) is 20.4 Å². The number of aryl methyl sites for hydroxylation is 2. The third-order valence-corrected chi connectivity index (χ3v) is 3.03. The van der Waals surface area contributed by atoms with Gasteiger partial charge in [-0.2, -0.15) is 0 Å². The molecule has 5 heteroatoms. The summed E-state index contributed by atoms with van der Waals surface area (Å²) in [5.41, 5.74) is 3.17. The Hall–Kier alpha value is -2.14. The first-order chi connectivity index (χ1) is 10.2. The van der Waals surface area contributed by atoms with Crippen LogP contribution in [0.15, 0.2) is 30.3 Å². The molecule has 2 N–H and O–H groups in total. The predicted molar refractivity (Wildman–Crippen MR) is 84.7 cm³/mol. The van der Waals surface area contributed by atoms with Gasteiger partial charge in [0.25, 0.3) is 0 Å². The van der Waals surface area contributed by atoms with Crippen LogP contribution in [0.4, 0.5) is 5.95 Å². The van der Waals surface area contributed by atoms with Gasteiger partial charge in [0.15, 0.2) is 0 Å². The first kappa shape index (κ1) is 15.3. The van der Waals surface area contributed by atoms with E-state index in [0.29, 0.717) is 5.95 Å². The van der Waals surface area contributed by atoms with Crippen molar-refractivity contribution < 1.29 is 4.74 Å². The number of hydrogen-bond acceptors (Lipinski definition) is 5. The molecule has 2 aromatic rings. The van der Waals surface area contributed by atoms with Crippen molar-refractivity contribution in [2.24, 2.45) is 0 Å². The van der Waals surface area contributed by atoms with Gasteiger partial charge in [0.2, 0.25) is 5.95 Å². The lowest BCUT2D eigenvalue weighted by Gasteiger charge is -2.08. The lowest BCUT2D eigenvalue weighted by molar-refractivity contribution is 0.414. The summed E-state index contributed by atoms with van der Waals surface area (Å²) in [5.74, 6) is 1.58. The van der Waals surface area contributed by atoms with Crippen molar-refractivity contribution in [3.63, 3.8) is 0 Å². The Morgan fingerprint density at radius 2 is 1.81 bits per heavy atom. The van der Waals surface area contributed by atoms with Crippen molar-refractivity contribution in [1.29, 1.82) is 0 Å². The molecule has 21 heavy (non-hydrogen) atoms. The van der Waals surface area contributed by atoms with E-state index in [9.17, 15) is 0 Å². The lowest BCUT2D eigenvalue weighted by atomic mass is 10.2. The average Bonchev–Trinajstić information content (AvgIpc) is 2.46. The topological polar surface area (TPSA) is 59.1 Å². The van der Waals surface area contributed by atoms with Crippen molar-refractivity contribution >= 4 is 5.95 Å². The second-order valence-electron chi connectivity index (χ2n) is 4.93. The third kappa shape index (κ3) is 5.04. The summed E-state index contributed by atoms with van der Waals surface area (Å²) >= 11 is 0. The van der Waals surface area contributed by atoms with Crippen molar-refractivity contribution in [2.75, 3.05) is 25.5 Å². The summed E-state index contributed by atoms with van der Waals surface area (Å²) in [6.45, 7) is 6.38.